The topological polar surface area (TPSA) is 84.5 Å². The number of anilines is 1. The minimum atomic E-state index is -3.65. The molecule has 6 nitrogen and oxygen atoms in total. The Kier molecular flexibility index (Phi) is 6.76. The van der Waals surface area contributed by atoms with Crippen LogP contribution in [0.2, 0.25) is 0 Å². The van der Waals surface area contributed by atoms with Crippen LogP contribution in [-0.2, 0) is 26.0 Å². The van der Waals surface area contributed by atoms with Gasteiger partial charge < -0.3 is 10.1 Å². The van der Waals surface area contributed by atoms with Crippen LogP contribution in [-0.4, -0.2) is 34.6 Å². The van der Waals surface area contributed by atoms with Gasteiger partial charge in [-0.25, -0.2) is 8.42 Å². The lowest BCUT2D eigenvalue weighted by Gasteiger charge is -2.10. The number of hydrogen-bond donors (Lipinski definition) is 2. The molecule has 0 aliphatic heterocycles. The third-order valence-corrected chi connectivity index (χ3v) is 5.37. The molecule has 0 aliphatic rings. The summed E-state index contributed by atoms with van der Waals surface area (Å²) in [5.74, 6) is -0.106. The van der Waals surface area contributed by atoms with E-state index in [4.69, 9.17) is 4.74 Å². The zero-order chi connectivity index (χ0) is 19.2. The zero-order valence-electron chi connectivity index (χ0n) is 15.2. The molecule has 0 aliphatic carbocycles. The molecule has 0 aromatic heterocycles. The molecule has 1 amide bonds. The Balaban J connectivity index is 2.01. The van der Waals surface area contributed by atoms with Crippen molar-refractivity contribution in [2.24, 2.45) is 0 Å². The fourth-order valence-electron chi connectivity index (χ4n) is 2.33. The molecule has 7 heteroatoms. The van der Waals surface area contributed by atoms with Gasteiger partial charge in [-0.3, -0.25) is 9.52 Å². The van der Waals surface area contributed by atoms with E-state index in [0.29, 0.717) is 18.8 Å². The molecule has 0 bridgehead atoms. The van der Waals surface area contributed by atoms with Crippen molar-refractivity contribution in [2.45, 2.75) is 25.2 Å². The molecule has 0 unspecified atom stereocenters. The van der Waals surface area contributed by atoms with E-state index >= 15 is 0 Å². The smallest absolute Gasteiger partial charge is 0.261 e. The predicted octanol–water partition coefficient (Wildman–Crippen LogP) is 2.41. The largest absolute Gasteiger partial charge is 0.383 e. The normalized spacial score (nSPS) is 11.2. The van der Waals surface area contributed by atoms with Gasteiger partial charge >= 0.3 is 0 Å². The highest BCUT2D eigenvalue weighted by atomic mass is 32.2. The van der Waals surface area contributed by atoms with E-state index < -0.39 is 10.0 Å². The van der Waals surface area contributed by atoms with E-state index in [9.17, 15) is 13.2 Å². The van der Waals surface area contributed by atoms with E-state index in [1.54, 1.807) is 49.6 Å². The van der Waals surface area contributed by atoms with Crippen molar-refractivity contribution in [3.63, 3.8) is 0 Å². The van der Waals surface area contributed by atoms with E-state index in [1.165, 1.54) is 0 Å². The maximum absolute atomic E-state index is 12.5. The molecule has 2 aromatic carbocycles. The van der Waals surface area contributed by atoms with Crippen LogP contribution in [0.3, 0.4) is 0 Å². The van der Waals surface area contributed by atoms with Gasteiger partial charge in [0.25, 0.3) is 10.0 Å². The molecule has 0 spiro atoms. The summed E-state index contributed by atoms with van der Waals surface area (Å²) in [6, 6.07) is 11.8. The predicted molar refractivity (Wildman–Crippen MR) is 102 cm³/mol. The molecule has 2 N–H and O–H groups in total. The third kappa shape index (κ3) is 5.57. The molecule has 0 saturated carbocycles. The summed E-state index contributed by atoms with van der Waals surface area (Å²) in [7, 11) is -2.07. The third-order valence-electron chi connectivity index (χ3n) is 3.99. The first-order valence-corrected chi connectivity index (χ1v) is 9.75. The fraction of sp³-hybridized carbons (Fsp3) is 0.316. The van der Waals surface area contributed by atoms with Gasteiger partial charge in [0, 0.05) is 19.3 Å². The summed E-state index contributed by atoms with van der Waals surface area (Å²) in [6.07, 6.45) is 0.230. The second-order valence-corrected chi connectivity index (χ2v) is 7.75. The molecule has 26 heavy (non-hydrogen) atoms. The Morgan fingerprint density at radius 3 is 2.35 bits per heavy atom. The number of carbonyl (C=O) groups is 1. The minimum absolute atomic E-state index is 0.106. The number of carbonyl (C=O) groups excluding carboxylic acids is 1. The summed E-state index contributed by atoms with van der Waals surface area (Å²) in [5.41, 5.74) is 3.21. The van der Waals surface area contributed by atoms with Crippen LogP contribution < -0.4 is 10.0 Å². The number of aryl methyl sites for hydroxylation is 2. The SMILES string of the molecule is COCCNC(=O)Cc1ccc(NS(=O)(=O)c2ccc(C)c(C)c2)cc1. The van der Waals surface area contributed by atoms with Crippen molar-refractivity contribution in [2.75, 3.05) is 25.0 Å². The lowest BCUT2D eigenvalue weighted by atomic mass is 10.1. The van der Waals surface area contributed by atoms with Crippen molar-refractivity contribution in [3.05, 3.63) is 59.2 Å². The Labute approximate surface area is 154 Å². The average molecular weight is 376 g/mol. The summed E-state index contributed by atoms with van der Waals surface area (Å²) < 4.78 is 32.4. The summed E-state index contributed by atoms with van der Waals surface area (Å²) in [6.45, 7) is 4.73. The van der Waals surface area contributed by atoms with E-state index in [1.807, 2.05) is 13.8 Å². The number of hydrogen-bond acceptors (Lipinski definition) is 4. The second kappa shape index (κ2) is 8.82. The van der Waals surface area contributed by atoms with E-state index in [2.05, 4.69) is 10.0 Å². The van der Waals surface area contributed by atoms with Crippen molar-refractivity contribution in [1.82, 2.24) is 5.32 Å². The van der Waals surface area contributed by atoms with Crippen molar-refractivity contribution in [1.29, 1.82) is 0 Å². The monoisotopic (exact) mass is 376 g/mol. The van der Waals surface area contributed by atoms with Gasteiger partial charge in [0.15, 0.2) is 0 Å². The highest BCUT2D eigenvalue weighted by Crippen LogP contribution is 2.19. The van der Waals surface area contributed by atoms with E-state index in [0.717, 1.165) is 16.7 Å². The maximum Gasteiger partial charge on any atom is 0.261 e. The summed E-state index contributed by atoms with van der Waals surface area (Å²) in [5, 5.41) is 2.74. The first-order valence-electron chi connectivity index (χ1n) is 8.26. The van der Waals surface area contributed by atoms with Crippen molar-refractivity contribution < 1.29 is 17.9 Å². The highest BCUT2D eigenvalue weighted by molar-refractivity contribution is 7.92. The lowest BCUT2D eigenvalue weighted by Crippen LogP contribution is -2.28. The molecule has 0 radical (unpaired) electrons. The van der Waals surface area contributed by atoms with Crippen LogP contribution in [0.4, 0.5) is 5.69 Å². The molecule has 140 valence electrons. The van der Waals surface area contributed by atoms with Crippen LogP contribution in [0.5, 0.6) is 0 Å². The number of rotatable bonds is 8. The maximum atomic E-state index is 12.5. The van der Waals surface area contributed by atoms with E-state index in [-0.39, 0.29) is 17.2 Å². The Morgan fingerprint density at radius 2 is 1.73 bits per heavy atom. The molecule has 0 saturated heterocycles. The lowest BCUT2D eigenvalue weighted by molar-refractivity contribution is -0.120. The van der Waals surface area contributed by atoms with Gasteiger partial charge in [0.2, 0.25) is 5.91 Å². The van der Waals surface area contributed by atoms with Crippen LogP contribution in [0.25, 0.3) is 0 Å². The van der Waals surface area contributed by atoms with Gasteiger partial charge in [-0.2, -0.15) is 0 Å². The fourth-order valence-corrected chi connectivity index (χ4v) is 3.47. The molecule has 0 fully saturated rings. The number of ether oxygens (including phenoxy) is 1. The molecular weight excluding hydrogens is 352 g/mol. The summed E-state index contributed by atoms with van der Waals surface area (Å²) in [4.78, 5) is 12.0. The van der Waals surface area contributed by atoms with Crippen LogP contribution in [0.1, 0.15) is 16.7 Å². The molecule has 0 atom stereocenters. The highest BCUT2D eigenvalue weighted by Gasteiger charge is 2.15. The van der Waals surface area contributed by atoms with Gasteiger partial charge in [0.05, 0.1) is 17.9 Å². The quantitative estimate of drug-likeness (QED) is 0.693. The Bertz CT molecular complexity index is 862. The van der Waals surface area contributed by atoms with Gasteiger partial charge in [-0.15, -0.1) is 0 Å². The van der Waals surface area contributed by atoms with Crippen molar-refractivity contribution >= 4 is 21.6 Å². The first kappa shape index (κ1) is 19.9. The molecule has 2 aromatic rings. The first-order chi connectivity index (χ1) is 12.3. The van der Waals surface area contributed by atoms with Crippen LogP contribution >= 0.6 is 0 Å². The van der Waals surface area contributed by atoms with Crippen molar-refractivity contribution in [3.8, 4) is 0 Å². The Morgan fingerprint density at radius 1 is 1.04 bits per heavy atom. The zero-order valence-corrected chi connectivity index (χ0v) is 16.0. The van der Waals surface area contributed by atoms with Gasteiger partial charge in [-0.05, 0) is 54.8 Å². The van der Waals surface area contributed by atoms with Gasteiger partial charge in [0.1, 0.15) is 0 Å². The number of nitrogens with one attached hydrogen (secondary N) is 2. The second-order valence-electron chi connectivity index (χ2n) is 6.07. The Hall–Kier alpha value is -2.38. The van der Waals surface area contributed by atoms with Gasteiger partial charge in [-0.1, -0.05) is 18.2 Å². The summed E-state index contributed by atoms with van der Waals surface area (Å²) >= 11 is 0. The standard InChI is InChI=1S/C19H24N2O4S/c1-14-4-9-18(12-15(14)2)26(23,24)21-17-7-5-16(6-8-17)13-19(22)20-10-11-25-3/h4-9,12,21H,10-11,13H2,1-3H3,(H,20,22). The van der Waals surface area contributed by atoms with Crippen LogP contribution in [0, 0.1) is 13.8 Å². The number of amides is 1. The minimum Gasteiger partial charge on any atom is -0.383 e. The van der Waals surface area contributed by atoms with Crippen LogP contribution in [0.15, 0.2) is 47.4 Å². The number of methoxy groups -OCH3 is 1. The number of sulfonamides is 1. The average Bonchev–Trinajstić information content (AvgIpc) is 2.59. The molecular formula is C19H24N2O4S. The molecule has 0 heterocycles. The molecule has 2 rings (SSSR count). The number of benzene rings is 2.